The largest absolute Gasteiger partial charge is 0.497 e. The predicted molar refractivity (Wildman–Crippen MR) is 152 cm³/mol. The Kier molecular flexibility index (Phi) is 7.86. The van der Waals surface area contributed by atoms with Crippen LogP contribution in [0.2, 0.25) is 5.02 Å². The number of aromatic nitrogens is 1. The molecule has 2 fully saturated rings. The molecule has 0 amide bonds. The second-order valence-electron chi connectivity index (χ2n) is 9.54. The lowest BCUT2D eigenvalue weighted by molar-refractivity contribution is 0.387. The third-order valence-electron chi connectivity index (χ3n) is 7.29. The quantitative estimate of drug-likeness (QED) is 0.292. The number of methoxy groups -OCH3 is 2. The van der Waals surface area contributed by atoms with Gasteiger partial charge in [-0.3, -0.25) is 0 Å². The van der Waals surface area contributed by atoms with Crippen LogP contribution < -0.4 is 24.8 Å². The minimum atomic E-state index is -4.45. The number of thiazole rings is 1. The molecule has 0 saturated heterocycles. The predicted octanol–water partition coefficient (Wildman–Crippen LogP) is 5.67. The van der Waals surface area contributed by atoms with Crippen LogP contribution in [0, 0.1) is 17.7 Å². The molecule has 2 aliphatic rings. The van der Waals surface area contributed by atoms with Crippen LogP contribution in [0.25, 0.3) is 0 Å². The standard InChI is InChI=1S/C25H26Cl3FN4O4S2/c1-36-14-4-3-13(22(7-14)37-2)12-33(24-31-5-6-38-24)39(34,35)23-10-17(26)20(11-18(23)29)32-21-9-16-15(8-19(21)30)25(16,27)28/h3-7,10-11,15-16,19,21,32H,8-9,12,30H2,1-2H3/t15?,16?,19-,21-/m0/s1. The van der Waals surface area contributed by atoms with Gasteiger partial charge in [-0.2, -0.15) is 0 Å². The van der Waals surface area contributed by atoms with Gasteiger partial charge in [-0.1, -0.05) is 11.6 Å². The van der Waals surface area contributed by atoms with Crippen LogP contribution in [0.15, 0.2) is 46.8 Å². The number of benzene rings is 2. The highest BCUT2D eigenvalue weighted by Gasteiger charge is 2.65. The van der Waals surface area contributed by atoms with E-state index < -0.39 is 25.1 Å². The first kappa shape index (κ1) is 28.5. The number of rotatable bonds is 9. The minimum absolute atomic E-state index is 0.0317. The maximum absolute atomic E-state index is 15.5. The van der Waals surface area contributed by atoms with Crippen LogP contribution in [0.5, 0.6) is 11.5 Å². The number of sulfonamides is 1. The van der Waals surface area contributed by atoms with Crippen LogP contribution in [-0.2, 0) is 16.6 Å². The Hall–Kier alpha value is -2.02. The molecule has 3 aromatic rings. The Bertz CT molecular complexity index is 1480. The number of anilines is 2. The van der Waals surface area contributed by atoms with Crippen LogP contribution in [0.3, 0.4) is 0 Å². The summed E-state index contributed by atoms with van der Waals surface area (Å²) in [5.74, 6) is 0.197. The van der Waals surface area contributed by atoms with E-state index >= 15 is 4.39 Å². The molecule has 0 bridgehead atoms. The van der Waals surface area contributed by atoms with Crippen molar-refractivity contribution in [3.8, 4) is 11.5 Å². The monoisotopic (exact) mass is 634 g/mol. The molecule has 39 heavy (non-hydrogen) atoms. The molecule has 1 heterocycles. The van der Waals surface area contributed by atoms with Gasteiger partial charge >= 0.3 is 0 Å². The molecule has 4 atom stereocenters. The van der Waals surface area contributed by atoms with E-state index in [1.165, 1.54) is 20.4 Å². The molecule has 8 nitrogen and oxygen atoms in total. The number of nitrogens with one attached hydrogen (secondary N) is 1. The Balaban J connectivity index is 1.45. The van der Waals surface area contributed by atoms with E-state index in [4.69, 9.17) is 50.0 Å². The summed E-state index contributed by atoms with van der Waals surface area (Å²) in [5, 5.41) is 4.99. The van der Waals surface area contributed by atoms with Crippen molar-refractivity contribution < 1.29 is 22.3 Å². The first-order valence-corrected chi connectivity index (χ1v) is 15.4. The van der Waals surface area contributed by atoms with Gasteiger partial charge in [-0.05, 0) is 48.9 Å². The highest BCUT2D eigenvalue weighted by Crippen LogP contribution is 2.65. The first-order valence-electron chi connectivity index (χ1n) is 12.0. The number of hydrogen-bond acceptors (Lipinski definition) is 8. The van der Waals surface area contributed by atoms with Crippen LogP contribution in [0.4, 0.5) is 15.2 Å². The molecule has 2 saturated carbocycles. The zero-order valence-electron chi connectivity index (χ0n) is 20.9. The van der Waals surface area contributed by atoms with E-state index in [1.807, 2.05) is 0 Å². The first-order chi connectivity index (χ1) is 18.5. The highest BCUT2D eigenvalue weighted by atomic mass is 35.5. The molecule has 0 aliphatic heterocycles. The van der Waals surface area contributed by atoms with Crippen molar-refractivity contribution in [2.24, 2.45) is 17.6 Å². The van der Waals surface area contributed by atoms with E-state index in [9.17, 15) is 8.42 Å². The van der Waals surface area contributed by atoms with E-state index in [2.05, 4.69) is 10.3 Å². The number of nitrogens with zero attached hydrogens (tertiary/aromatic N) is 2. The van der Waals surface area contributed by atoms with Gasteiger partial charge in [0.15, 0.2) is 5.13 Å². The SMILES string of the molecule is COc1ccc(CN(c2nccs2)S(=O)(=O)c2cc(Cl)c(N[C@H]3CC4C(C[C@@H]3N)C4(Cl)Cl)cc2F)c(OC)c1. The van der Waals surface area contributed by atoms with Crippen molar-refractivity contribution in [3.63, 3.8) is 0 Å². The average Bonchev–Trinajstić information content (AvgIpc) is 3.23. The third-order valence-corrected chi connectivity index (χ3v) is 11.4. The lowest BCUT2D eigenvalue weighted by Crippen LogP contribution is -2.43. The van der Waals surface area contributed by atoms with E-state index in [0.717, 1.165) is 27.8 Å². The van der Waals surface area contributed by atoms with Crippen molar-refractivity contribution in [1.82, 2.24) is 4.98 Å². The summed E-state index contributed by atoms with van der Waals surface area (Å²) in [4.78, 5) is 3.58. The molecule has 3 N–H and O–H groups in total. The molecule has 210 valence electrons. The second kappa shape index (κ2) is 10.8. The number of alkyl halides is 2. The fourth-order valence-electron chi connectivity index (χ4n) is 5.06. The fourth-order valence-corrected chi connectivity index (χ4v) is 8.53. The van der Waals surface area contributed by atoms with Gasteiger partial charge in [-0.25, -0.2) is 22.1 Å². The summed E-state index contributed by atoms with van der Waals surface area (Å²) in [7, 11) is -1.47. The molecule has 2 aromatic carbocycles. The molecule has 2 aliphatic carbocycles. The van der Waals surface area contributed by atoms with Crippen LogP contribution in [-0.4, -0.2) is 44.0 Å². The molecule has 14 heteroatoms. The summed E-state index contributed by atoms with van der Waals surface area (Å²) in [6.07, 6.45) is 2.69. The summed E-state index contributed by atoms with van der Waals surface area (Å²) in [5.41, 5.74) is 7.08. The smallest absolute Gasteiger partial charge is 0.269 e. The van der Waals surface area contributed by atoms with Crippen molar-refractivity contribution in [1.29, 1.82) is 0 Å². The van der Waals surface area contributed by atoms with Gasteiger partial charge in [0.2, 0.25) is 0 Å². The second-order valence-corrected chi connectivity index (χ2v) is 14.1. The zero-order chi connectivity index (χ0) is 28.1. The van der Waals surface area contributed by atoms with E-state index in [1.54, 1.807) is 23.6 Å². The topological polar surface area (TPSA) is 107 Å². The Morgan fingerprint density at radius 3 is 2.62 bits per heavy atom. The highest BCUT2D eigenvalue weighted by molar-refractivity contribution is 7.93. The molecular formula is C25H26Cl3FN4O4S2. The van der Waals surface area contributed by atoms with Gasteiger partial charge < -0.3 is 20.5 Å². The van der Waals surface area contributed by atoms with Gasteiger partial charge in [0.1, 0.15) is 26.5 Å². The Morgan fingerprint density at radius 1 is 1.21 bits per heavy atom. The zero-order valence-corrected chi connectivity index (χ0v) is 24.8. The van der Waals surface area contributed by atoms with Gasteiger partial charge in [0, 0.05) is 35.3 Å². The van der Waals surface area contributed by atoms with Gasteiger partial charge in [-0.15, -0.1) is 34.5 Å². The van der Waals surface area contributed by atoms with Crippen molar-refractivity contribution in [2.45, 2.75) is 40.7 Å². The fraction of sp³-hybridized carbons (Fsp3) is 0.400. The number of hydrogen-bond donors (Lipinski definition) is 2. The van der Waals surface area contributed by atoms with Gasteiger partial charge in [0.25, 0.3) is 10.0 Å². The third kappa shape index (κ3) is 5.37. The maximum atomic E-state index is 15.5. The molecular weight excluding hydrogens is 610 g/mol. The Labute approximate surface area is 245 Å². The number of halogens is 4. The van der Waals surface area contributed by atoms with Crippen molar-refractivity contribution in [3.05, 3.63) is 58.3 Å². The van der Waals surface area contributed by atoms with Crippen LogP contribution >= 0.6 is 46.1 Å². The molecule has 0 spiro atoms. The number of fused-ring (bicyclic) bond motifs is 1. The lowest BCUT2D eigenvalue weighted by Gasteiger charge is -2.30. The number of nitrogens with two attached hydrogens (primary N) is 1. The van der Waals surface area contributed by atoms with E-state index in [-0.39, 0.29) is 46.3 Å². The molecule has 1 aromatic heterocycles. The Morgan fingerprint density at radius 2 is 1.95 bits per heavy atom. The number of ether oxygens (including phenoxy) is 2. The van der Waals surface area contributed by atoms with Crippen LogP contribution in [0.1, 0.15) is 18.4 Å². The molecule has 0 radical (unpaired) electrons. The van der Waals surface area contributed by atoms with Crippen molar-refractivity contribution >= 4 is 67.0 Å². The van der Waals surface area contributed by atoms with Gasteiger partial charge in [0.05, 0.1) is 31.5 Å². The average molecular weight is 636 g/mol. The minimum Gasteiger partial charge on any atom is -0.497 e. The normalized spacial score (nSPS) is 23.6. The van der Waals surface area contributed by atoms with Crippen molar-refractivity contribution in [2.75, 3.05) is 23.8 Å². The molecule has 5 rings (SSSR count). The maximum Gasteiger partial charge on any atom is 0.269 e. The molecule has 2 unspecified atom stereocenters. The summed E-state index contributed by atoms with van der Waals surface area (Å²) < 4.78 is 54.2. The summed E-state index contributed by atoms with van der Waals surface area (Å²) in [6.45, 7) is -0.168. The summed E-state index contributed by atoms with van der Waals surface area (Å²) in [6, 6.07) is 6.65. The van der Waals surface area contributed by atoms with E-state index in [0.29, 0.717) is 29.9 Å². The lowest BCUT2D eigenvalue weighted by atomic mass is 9.91. The summed E-state index contributed by atoms with van der Waals surface area (Å²) >= 11 is 20.3.